The molecule has 1 heterocycles. The molecule has 1 unspecified atom stereocenters. The zero-order valence-corrected chi connectivity index (χ0v) is 8.97. The molecule has 0 aliphatic carbocycles. The Balaban J connectivity index is 0.000000385. The summed E-state index contributed by atoms with van der Waals surface area (Å²) in [6.45, 7) is 2.30. The van der Waals surface area contributed by atoms with Crippen molar-refractivity contribution < 1.29 is 34.4 Å². The molecule has 1 aliphatic heterocycles. The molecule has 1 aliphatic rings. The number of esters is 2. The minimum absolute atomic E-state index is 0.139. The van der Waals surface area contributed by atoms with E-state index < -0.39 is 23.8 Å². The van der Waals surface area contributed by atoms with Gasteiger partial charge in [-0.1, -0.05) is 0 Å². The second kappa shape index (κ2) is 6.81. The molecule has 0 fully saturated rings. The molecule has 0 saturated carbocycles. The van der Waals surface area contributed by atoms with E-state index >= 15 is 0 Å². The van der Waals surface area contributed by atoms with E-state index in [-0.39, 0.29) is 19.0 Å². The van der Waals surface area contributed by atoms with Gasteiger partial charge in [0.05, 0.1) is 12.7 Å². The van der Waals surface area contributed by atoms with Gasteiger partial charge in [0.2, 0.25) is 0 Å². The number of ether oxygens (including phenoxy) is 2. The van der Waals surface area contributed by atoms with Crippen molar-refractivity contribution in [3.05, 3.63) is 11.5 Å². The van der Waals surface area contributed by atoms with Crippen molar-refractivity contribution in [3.8, 4) is 0 Å². The van der Waals surface area contributed by atoms with Crippen molar-refractivity contribution in [2.45, 2.75) is 20.0 Å². The Morgan fingerprint density at radius 1 is 1.62 bits per heavy atom. The summed E-state index contributed by atoms with van der Waals surface area (Å²) in [6.07, 6.45) is -0.560. The highest BCUT2D eigenvalue weighted by atomic mass is 16.6. The van der Waals surface area contributed by atoms with Crippen LogP contribution in [0.2, 0.25) is 0 Å². The average molecular weight is 234 g/mol. The van der Waals surface area contributed by atoms with Crippen LogP contribution in [0, 0.1) is 0 Å². The van der Waals surface area contributed by atoms with Crippen LogP contribution in [-0.4, -0.2) is 46.6 Å². The van der Waals surface area contributed by atoms with Crippen molar-refractivity contribution in [1.29, 1.82) is 0 Å². The molecule has 1 atom stereocenters. The summed E-state index contributed by atoms with van der Waals surface area (Å²) < 4.78 is 8.69. The first kappa shape index (κ1) is 14.4. The van der Waals surface area contributed by atoms with Crippen molar-refractivity contribution in [1.82, 2.24) is 0 Å². The van der Waals surface area contributed by atoms with E-state index in [1.807, 2.05) is 0 Å². The molecule has 0 amide bonds. The summed E-state index contributed by atoms with van der Waals surface area (Å²) in [6, 6.07) is 0. The van der Waals surface area contributed by atoms with Gasteiger partial charge in [0.15, 0.2) is 12.4 Å². The largest absolute Gasteiger partial charge is 0.505 e. The third-order valence-corrected chi connectivity index (χ3v) is 1.30. The van der Waals surface area contributed by atoms with Gasteiger partial charge < -0.3 is 24.8 Å². The van der Waals surface area contributed by atoms with Gasteiger partial charge >= 0.3 is 11.9 Å². The highest BCUT2D eigenvalue weighted by molar-refractivity contribution is 5.91. The molecule has 7 nitrogen and oxygen atoms in total. The molecule has 16 heavy (non-hydrogen) atoms. The Kier molecular flexibility index (Phi) is 6.12. The van der Waals surface area contributed by atoms with E-state index in [1.165, 1.54) is 6.92 Å². The average Bonchev–Trinajstić information content (AvgIpc) is 2.50. The van der Waals surface area contributed by atoms with E-state index in [1.54, 1.807) is 0 Å². The fourth-order valence-electron chi connectivity index (χ4n) is 0.627. The Morgan fingerprint density at radius 3 is 2.38 bits per heavy atom. The topological polar surface area (TPSA) is 113 Å². The summed E-state index contributed by atoms with van der Waals surface area (Å²) in [5.74, 6) is -2.22. The standard InChI is InChI=1S/C6H6O5.C3H8O2/c1-3(7)11-5-4(8)2-10-6(5)9;1-3(5)2-4/h8H,2H2,1H3;3-5H,2H2,1H3. The fraction of sp³-hybridized carbons (Fsp3) is 0.556. The van der Waals surface area contributed by atoms with Crippen LogP contribution in [0.5, 0.6) is 0 Å². The number of aliphatic hydroxyl groups is 3. The Labute approximate surface area is 91.9 Å². The number of hydrogen-bond donors (Lipinski definition) is 3. The summed E-state index contributed by atoms with van der Waals surface area (Å²) in [5, 5.41) is 24.9. The number of carbonyl (C=O) groups is 2. The van der Waals surface area contributed by atoms with Crippen LogP contribution < -0.4 is 0 Å². The summed E-state index contributed by atoms with van der Waals surface area (Å²) in [4.78, 5) is 20.9. The SMILES string of the molecule is CC(=O)OC1=C(O)COC1=O.CC(O)CO. The second-order valence-electron chi connectivity index (χ2n) is 2.98. The van der Waals surface area contributed by atoms with Gasteiger partial charge in [-0.05, 0) is 6.92 Å². The molecule has 0 bridgehead atoms. The molecule has 0 saturated heterocycles. The van der Waals surface area contributed by atoms with Crippen molar-refractivity contribution in [2.24, 2.45) is 0 Å². The number of carbonyl (C=O) groups excluding carboxylic acids is 2. The van der Waals surface area contributed by atoms with Crippen LogP contribution in [0.1, 0.15) is 13.8 Å². The first-order valence-corrected chi connectivity index (χ1v) is 4.45. The smallest absolute Gasteiger partial charge is 0.378 e. The fourth-order valence-corrected chi connectivity index (χ4v) is 0.627. The van der Waals surface area contributed by atoms with E-state index in [9.17, 15) is 9.59 Å². The number of cyclic esters (lactones) is 1. The number of aliphatic hydroxyl groups excluding tert-OH is 3. The maximum absolute atomic E-state index is 10.6. The summed E-state index contributed by atoms with van der Waals surface area (Å²) in [5.41, 5.74) is 0. The predicted octanol–water partition coefficient (Wildman–Crippen LogP) is -0.765. The van der Waals surface area contributed by atoms with Crippen LogP contribution in [0.25, 0.3) is 0 Å². The van der Waals surface area contributed by atoms with Crippen molar-refractivity contribution in [3.63, 3.8) is 0 Å². The highest BCUT2D eigenvalue weighted by Gasteiger charge is 2.27. The molecule has 0 aromatic carbocycles. The van der Waals surface area contributed by atoms with Gasteiger partial charge in [-0.15, -0.1) is 0 Å². The van der Waals surface area contributed by atoms with Crippen LogP contribution >= 0.6 is 0 Å². The maximum Gasteiger partial charge on any atom is 0.378 e. The zero-order chi connectivity index (χ0) is 12.7. The predicted molar refractivity (Wildman–Crippen MR) is 51.1 cm³/mol. The van der Waals surface area contributed by atoms with Crippen LogP contribution in [0.4, 0.5) is 0 Å². The lowest BCUT2D eigenvalue weighted by atomic mass is 10.4. The molecular formula is C9H14O7. The normalized spacial score (nSPS) is 16.1. The Hall–Kier alpha value is -1.60. The van der Waals surface area contributed by atoms with Gasteiger partial charge in [0.1, 0.15) is 0 Å². The van der Waals surface area contributed by atoms with E-state index in [0.29, 0.717) is 0 Å². The monoisotopic (exact) mass is 234 g/mol. The highest BCUT2D eigenvalue weighted by Crippen LogP contribution is 2.14. The first-order chi connectivity index (χ1) is 7.38. The third kappa shape index (κ3) is 5.32. The second-order valence-corrected chi connectivity index (χ2v) is 2.98. The molecule has 0 aromatic rings. The molecule has 0 aromatic heterocycles. The Morgan fingerprint density at radius 2 is 2.12 bits per heavy atom. The van der Waals surface area contributed by atoms with Crippen molar-refractivity contribution in [2.75, 3.05) is 13.2 Å². The van der Waals surface area contributed by atoms with Gasteiger partial charge in [-0.25, -0.2) is 4.79 Å². The molecular weight excluding hydrogens is 220 g/mol. The van der Waals surface area contributed by atoms with E-state index in [0.717, 1.165) is 6.92 Å². The number of rotatable bonds is 2. The molecule has 0 radical (unpaired) electrons. The lowest BCUT2D eigenvalue weighted by Crippen LogP contribution is -2.06. The Bertz CT molecular complexity index is 292. The number of hydrogen-bond acceptors (Lipinski definition) is 7. The maximum atomic E-state index is 10.6. The van der Waals surface area contributed by atoms with Gasteiger partial charge in [0, 0.05) is 6.92 Å². The summed E-state index contributed by atoms with van der Waals surface area (Å²) >= 11 is 0. The molecule has 0 spiro atoms. The quantitative estimate of drug-likeness (QED) is 0.538. The lowest BCUT2D eigenvalue weighted by molar-refractivity contribution is -0.147. The minimum Gasteiger partial charge on any atom is -0.505 e. The third-order valence-electron chi connectivity index (χ3n) is 1.30. The van der Waals surface area contributed by atoms with Gasteiger partial charge in [-0.3, -0.25) is 4.79 Å². The van der Waals surface area contributed by atoms with Crippen molar-refractivity contribution >= 4 is 11.9 Å². The minimum atomic E-state index is -0.808. The van der Waals surface area contributed by atoms with Crippen LogP contribution in [0.15, 0.2) is 11.5 Å². The lowest BCUT2D eigenvalue weighted by Gasteiger charge is -1.96. The van der Waals surface area contributed by atoms with E-state index in [2.05, 4.69) is 9.47 Å². The summed E-state index contributed by atoms with van der Waals surface area (Å²) in [7, 11) is 0. The van der Waals surface area contributed by atoms with Crippen LogP contribution in [0.3, 0.4) is 0 Å². The van der Waals surface area contributed by atoms with Crippen LogP contribution in [-0.2, 0) is 19.1 Å². The molecule has 3 N–H and O–H groups in total. The molecule has 7 heteroatoms. The first-order valence-electron chi connectivity index (χ1n) is 4.45. The van der Waals surface area contributed by atoms with Gasteiger partial charge in [-0.2, -0.15) is 0 Å². The molecule has 1 rings (SSSR count). The van der Waals surface area contributed by atoms with Gasteiger partial charge in [0.25, 0.3) is 5.76 Å². The zero-order valence-electron chi connectivity index (χ0n) is 8.97. The van der Waals surface area contributed by atoms with E-state index in [4.69, 9.17) is 15.3 Å². The molecule has 92 valence electrons.